The van der Waals surface area contributed by atoms with Crippen molar-refractivity contribution in [1.29, 1.82) is 0 Å². The van der Waals surface area contributed by atoms with E-state index in [0.29, 0.717) is 25.6 Å². The number of nitrogens with zero attached hydrogens (tertiary/aromatic N) is 3. The summed E-state index contributed by atoms with van der Waals surface area (Å²) in [6, 6.07) is 7.76. The molecule has 1 unspecified atom stereocenters. The number of carbonyl (C=O) groups excluding carboxylic acids is 1. The minimum Gasteiger partial charge on any atom is -0.374 e. The van der Waals surface area contributed by atoms with Crippen molar-refractivity contribution in [2.75, 3.05) is 32.8 Å². The molecular weight excluding hydrogens is 412 g/mol. The first-order valence-electron chi connectivity index (χ1n) is 10.9. The lowest BCUT2D eigenvalue weighted by molar-refractivity contribution is -0.117. The lowest BCUT2D eigenvalue weighted by Gasteiger charge is -2.33. The molecule has 1 amide bonds. The van der Waals surface area contributed by atoms with Gasteiger partial charge in [0.15, 0.2) is 0 Å². The molecule has 0 aliphatic carbocycles. The molecule has 2 heterocycles. The van der Waals surface area contributed by atoms with Crippen molar-refractivity contribution in [3.8, 4) is 0 Å². The zero-order valence-electron chi connectivity index (χ0n) is 18.9. The van der Waals surface area contributed by atoms with Gasteiger partial charge in [-0.2, -0.15) is 5.10 Å². The lowest BCUT2D eigenvalue weighted by atomic mass is 10.1. The fraction of sp³-hybridized carbons (Fsp3) is 0.500. The smallest absolute Gasteiger partial charge is 0.244 e. The summed E-state index contributed by atoms with van der Waals surface area (Å²) in [4.78, 5) is 14.8. The molecular formula is C24H33ClN4O2. The molecule has 1 atom stereocenters. The molecule has 0 bridgehead atoms. The fourth-order valence-corrected chi connectivity index (χ4v) is 4.11. The summed E-state index contributed by atoms with van der Waals surface area (Å²) < 4.78 is 7.73. The number of hydrogen-bond acceptors (Lipinski definition) is 4. The summed E-state index contributed by atoms with van der Waals surface area (Å²) >= 11 is 6.29. The van der Waals surface area contributed by atoms with Crippen LogP contribution in [-0.4, -0.2) is 59.5 Å². The summed E-state index contributed by atoms with van der Waals surface area (Å²) in [6.07, 6.45) is 3.45. The third kappa shape index (κ3) is 6.66. The first-order valence-corrected chi connectivity index (χ1v) is 11.3. The second kappa shape index (κ2) is 10.9. The van der Waals surface area contributed by atoms with Gasteiger partial charge >= 0.3 is 0 Å². The molecule has 1 saturated heterocycles. The standard InChI is InChI=1S/C24H33ClN4O2/c1-17(2)14-28-11-12-31-21(16-28)13-26-24(30)10-9-22-18(3)27-29(19(22)4)15-20-7-5-6-8-23(20)25/h5-10,17,21H,11-16H2,1-4H3,(H,26,30)/b10-9+. The van der Waals surface area contributed by atoms with Gasteiger partial charge in [-0.25, -0.2) is 0 Å². The Hall–Kier alpha value is -2.15. The molecule has 1 aromatic heterocycles. The van der Waals surface area contributed by atoms with Crippen LogP contribution < -0.4 is 5.32 Å². The SMILES string of the molecule is Cc1nn(Cc2ccccc2Cl)c(C)c1/C=C/C(=O)NCC1CN(CC(C)C)CCO1. The maximum Gasteiger partial charge on any atom is 0.244 e. The number of morpholine rings is 1. The second-order valence-corrected chi connectivity index (χ2v) is 8.97. The Balaban J connectivity index is 1.56. The molecule has 0 radical (unpaired) electrons. The Morgan fingerprint density at radius 1 is 1.35 bits per heavy atom. The van der Waals surface area contributed by atoms with Crippen molar-refractivity contribution < 1.29 is 9.53 Å². The molecule has 31 heavy (non-hydrogen) atoms. The Kier molecular flexibility index (Phi) is 8.29. The number of carbonyl (C=O) groups is 1. The van der Waals surface area contributed by atoms with Crippen molar-refractivity contribution >= 4 is 23.6 Å². The predicted molar refractivity (Wildman–Crippen MR) is 125 cm³/mol. The van der Waals surface area contributed by atoms with Gasteiger partial charge in [0.2, 0.25) is 5.91 Å². The van der Waals surface area contributed by atoms with Crippen LogP contribution >= 0.6 is 11.6 Å². The van der Waals surface area contributed by atoms with Crippen LogP contribution in [0.3, 0.4) is 0 Å². The normalized spacial score (nSPS) is 17.5. The van der Waals surface area contributed by atoms with E-state index in [-0.39, 0.29) is 12.0 Å². The van der Waals surface area contributed by atoms with E-state index < -0.39 is 0 Å². The Morgan fingerprint density at radius 2 is 2.13 bits per heavy atom. The maximum absolute atomic E-state index is 12.4. The van der Waals surface area contributed by atoms with Crippen LogP contribution in [-0.2, 0) is 16.1 Å². The molecule has 6 nitrogen and oxygen atoms in total. The number of nitrogens with one attached hydrogen (secondary N) is 1. The Labute approximate surface area is 190 Å². The van der Waals surface area contributed by atoms with Crippen LogP contribution in [0.5, 0.6) is 0 Å². The van der Waals surface area contributed by atoms with E-state index in [1.165, 1.54) is 0 Å². The van der Waals surface area contributed by atoms with Crippen LogP contribution in [0, 0.1) is 19.8 Å². The molecule has 0 saturated carbocycles. The number of halogens is 1. The number of ether oxygens (including phenoxy) is 1. The largest absolute Gasteiger partial charge is 0.374 e. The quantitative estimate of drug-likeness (QED) is 0.631. The average molecular weight is 445 g/mol. The van der Waals surface area contributed by atoms with Crippen LogP contribution in [0.2, 0.25) is 5.02 Å². The van der Waals surface area contributed by atoms with Gasteiger partial charge < -0.3 is 10.1 Å². The van der Waals surface area contributed by atoms with Crippen molar-refractivity contribution in [3.05, 3.63) is 57.9 Å². The van der Waals surface area contributed by atoms with Gasteiger partial charge in [0.1, 0.15) is 0 Å². The second-order valence-electron chi connectivity index (χ2n) is 8.56. The van der Waals surface area contributed by atoms with Crippen molar-refractivity contribution in [3.63, 3.8) is 0 Å². The molecule has 168 valence electrons. The minimum absolute atomic E-state index is 0.0340. The zero-order valence-corrected chi connectivity index (χ0v) is 19.7. The zero-order chi connectivity index (χ0) is 22.4. The van der Waals surface area contributed by atoms with Crippen LogP contribution in [0.15, 0.2) is 30.3 Å². The molecule has 1 aromatic carbocycles. The number of aromatic nitrogens is 2. The minimum atomic E-state index is -0.123. The first-order chi connectivity index (χ1) is 14.8. The van der Waals surface area contributed by atoms with Gasteiger partial charge in [0.05, 0.1) is 24.9 Å². The van der Waals surface area contributed by atoms with Gasteiger partial charge in [-0.15, -0.1) is 0 Å². The number of amides is 1. The fourth-order valence-electron chi connectivity index (χ4n) is 3.91. The molecule has 3 rings (SSSR count). The summed E-state index contributed by atoms with van der Waals surface area (Å²) in [5.41, 5.74) is 3.86. The molecule has 0 spiro atoms. The summed E-state index contributed by atoms with van der Waals surface area (Å²) in [5, 5.41) is 8.32. The monoisotopic (exact) mass is 444 g/mol. The van der Waals surface area contributed by atoms with Crippen LogP contribution in [0.1, 0.15) is 36.4 Å². The molecule has 1 aliphatic rings. The number of rotatable bonds is 8. The maximum atomic E-state index is 12.4. The van der Waals surface area contributed by atoms with E-state index >= 15 is 0 Å². The highest BCUT2D eigenvalue weighted by Gasteiger charge is 2.21. The average Bonchev–Trinajstić information content (AvgIpc) is 2.99. The van der Waals surface area contributed by atoms with E-state index in [0.717, 1.165) is 47.2 Å². The van der Waals surface area contributed by atoms with E-state index in [2.05, 4.69) is 29.2 Å². The van der Waals surface area contributed by atoms with Crippen molar-refractivity contribution in [2.24, 2.45) is 5.92 Å². The summed E-state index contributed by atoms with van der Waals surface area (Å²) in [6.45, 7) is 13.1. The number of hydrogen-bond donors (Lipinski definition) is 1. The Bertz CT molecular complexity index is 922. The van der Waals surface area contributed by atoms with Crippen LogP contribution in [0.4, 0.5) is 0 Å². The van der Waals surface area contributed by atoms with Gasteiger partial charge in [-0.05, 0) is 37.5 Å². The summed E-state index contributed by atoms with van der Waals surface area (Å²) in [5.74, 6) is 0.504. The highest BCUT2D eigenvalue weighted by molar-refractivity contribution is 6.31. The van der Waals surface area contributed by atoms with Crippen molar-refractivity contribution in [2.45, 2.75) is 40.3 Å². The summed E-state index contributed by atoms with van der Waals surface area (Å²) in [7, 11) is 0. The number of aryl methyl sites for hydroxylation is 1. The molecule has 1 aliphatic heterocycles. The molecule has 1 fully saturated rings. The molecule has 1 N–H and O–H groups in total. The van der Waals surface area contributed by atoms with E-state index in [1.807, 2.05) is 48.9 Å². The van der Waals surface area contributed by atoms with Gasteiger partial charge in [0.25, 0.3) is 0 Å². The third-order valence-electron chi connectivity index (χ3n) is 5.47. The van der Waals surface area contributed by atoms with Gasteiger partial charge in [-0.3, -0.25) is 14.4 Å². The van der Waals surface area contributed by atoms with Crippen molar-refractivity contribution in [1.82, 2.24) is 20.0 Å². The van der Waals surface area contributed by atoms with E-state index in [9.17, 15) is 4.79 Å². The molecule has 2 aromatic rings. The van der Waals surface area contributed by atoms with Crippen LogP contribution in [0.25, 0.3) is 6.08 Å². The lowest BCUT2D eigenvalue weighted by Crippen LogP contribution is -2.48. The highest BCUT2D eigenvalue weighted by atomic mass is 35.5. The van der Waals surface area contributed by atoms with Gasteiger partial charge in [0, 0.05) is 48.5 Å². The highest BCUT2D eigenvalue weighted by Crippen LogP contribution is 2.20. The van der Waals surface area contributed by atoms with Gasteiger partial charge in [-0.1, -0.05) is 43.6 Å². The van der Waals surface area contributed by atoms with E-state index in [4.69, 9.17) is 16.3 Å². The van der Waals surface area contributed by atoms with E-state index in [1.54, 1.807) is 6.08 Å². The Morgan fingerprint density at radius 3 is 2.87 bits per heavy atom. The molecule has 7 heteroatoms. The topological polar surface area (TPSA) is 59.4 Å². The third-order valence-corrected chi connectivity index (χ3v) is 5.84. The number of benzene rings is 1. The predicted octanol–water partition coefficient (Wildman–Crippen LogP) is 3.69. The first kappa shape index (κ1) is 23.5.